The zero-order valence-electron chi connectivity index (χ0n) is 11.2. The SMILES string of the molecule is O=C(CSc1cccc(F)c1)Cc1csc2ccccc12. The lowest BCUT2D eigenvalue weighted by Crippen LogP contribution is -2.05. The van der Waals surface area contributed by atoms with Gasteiger partial charge >= 0.3 is 0 Å². The summed E-state index contributed by atoms with van der Waals surface area (Å²) in [5.74, 6) is 0.261. The van der Waals surface area contributed by atoms with Crippen LogP contribution < -0.4 is 0 Å². The second-order valence-corrected chi connectivity index (χ2v) is 6.68. The molecule has 0 aliphatic heterocycles. The minimum absolute atomic E-state index is 0.160. The number of benzene rings is 2. The van der Waals surface area contributed by atoms with Gasteiger partial charge in [-0.25, -0.2) is 4.39 Å². The van der Waals surface area contributed by atoms with Gasteiger partial charge in [0, 0.05) is 16.0 Å². The van der Waals surface area contributed by atoms with Crippen molar-refractivity contribution in [1.29, 1.82) is 0 Å². The highest BCUT2D eigenvalue weighted by atomic mass is 32.2. The maximum absolute atomic E-state index is 13.1. The van der Waals surface area contributed by atoms with E-state index in [1.165, 1.54) is 28.6 Å². The van der Waals surface area contributed by atoms with Crippen molar-refractivity contribution in [2.75, 3.05) is 5.75 Å². The Labute approximate surface area is 130 Å². The van der Waals surface area contributed by atoms with E-state index in [2.05, 4.69) is 11.4 Å². The number of thioether (sulfide) groups is 1. The van der Waals surface area contributed by atoms with Crippen LogP contribution in [0.15, 0.2) is 58.8 Å². The van der Waals surface area contributed by atoms with Crippen LogP contribution >= 0.6 is 23.1 Å². The van der Waals surface area contributed by atoms with Crippen molar-refractivity contribution in [2.45, 2.75) is 11.3 Å². The fraction of sp³-hybridized carbons (Fsp3) is 0.118. The lowest BCUT2D eigenvalue weighted by atomic mass is 10.1. The van der Waals surface area contributed by atoms with Crippen molar-refractivity contribution >= 4 is 39.0 Å². The van der Waals surface area contributed by atoms with Crippen LogP contribution in [0.3, 0.4) is 0 Å². The number of halogens is 1. The van der Waals surface area contributed by atoms with E-state index in [0.29, 0.717) is 12.2 Å². The van der Waals surface area contributed by atoms with Gasteiger partial charge in [-0.2, -0.15) is 0 Å². The average molecular weight is 316 g/mol. The van der Waals surface area contributed by atoms with Crippen molar-refractivity contribution in [3.8, 4) is 0 Å². The number of fused-ring (bicyclic) bond motifs is 1. The Kier molecular flexibility index (Phi) is 4.36. The van der Waals surface area contributed by atoms with Crippen LogP contribution in [-0.4, -0.2) is 11.5 Å². The van der Waals surface area contributed by atoms with Crippen LogP contribution in [0, 0.1) is 5.82 Å². The molecule has 3 rings (SSSR count). The Balaban J connectivity index is 1.64. The normalized spacial score (nSPS) is 10.9. The van der Waals surface area contributed by atoms with Crippen molar-refractivity contribution in [3.63, 3.8) is 0 Å². The molecule has 1 aromatic heterocycles. The maximum atomic E-state index is 13.1. The quantitative estimate of drug-likeness (QED) is 0.620. The van der Waals surface area contributed by atoms with E-state index < -0.39 is 0 Å². The summed E-state index contributed by atoms with van der Waals surface area (Å²) in [6.45, 7) is 0. The summed E-state index contributed by atoms with van der Waals surface area (Å²) in [5.41, 5.74) is 1.08. The third-order valence-corrected chi connectivity index (χ3v) is 5.21. The summed E-state index contributed by atoms with van der Waals surface area (Å²) in [6, 6.07) is 14.5. The molecule has 0 unspecified atom stereocenters. The molecule has 4 heteroatoms. The Morgan fingerprint density at radius 1 is 1.14 bits per heavy atom. The van der Waals surface area contributed by atoms with Crippen LogP contribution in [0.2, 0.25) is 0 Å². The molecule has 0 saturated carbocycles. The predicted molar refractivity (Wildman–Crippen MR) is 87.7 cm³/mol. The number of carbonyl (C=O) groups excluding carboxylic acids is 1. The van der Waals surface area contributed by atoms with Gasteiger partial charge in [0.15, 0.2) is 0 Å². The standard InChI is InChI=1S/C17H13FOS2/c18-13-4-3-5-15(9-13)20-11-14(19)8-12-10-21-17-7-2-1-6-16(12)17/h1-7,9-10H,8,11H2. The van der Waals surface area contributed by atoms with Crippen LogP contribution in [0.5, 0.6) is 0 Å². The van der Waals surface area contributed by atoms with Gasteiger partial charge in [-0.3, -0.25) is 4.79 Å². The first-order chi connectivity index (χ1) is 10.2. The van der Waals surface area contributed by atoms with E-state index in [4.69, 9.17) is 0 Å². The molecule has 0 amide bonds. The van der Waals surface area contributed by atoms with Crippen LogP contribution in [-0.2, 0) is 11.2 Å². The molecule has 1 nitrogen and oxygen atoms in total. The van der Waals surface area contributed by atoms with Gasteiger partial charge in [-0.05, 0) is 40.6 Å². The first-order valence-electron chi connectivity index (χ1n) is 6.57. The third-order valence-electron chi connectivity index (χ3n) is 3.14. The summed E-state index contributed by atoms with van der Waals surface area (Å²) in [5, 5.41) is 3.21. The molecule has 21 heavy (non-hydrogen) atoms. The van der Waals surface area contributed by atoms with E-state index in [0.717, 1.165) is 15.8 Å². The van der Waals surface area contributed by atoms with Crippen LogP contribution in [0.1, 0.15) is 5.56 Å². The first kappa shape index (κ1) is 14.3. The third kappa shape index (κ3) is 3.52. The molecule has 3 aromatic rings. The number of carbonyl (C=O) groups is 1. The van der Waals surface area contributed by atoms with Crippen molar-refractivity contribution in [1.82, 2.24) is 0 Å². The molecule has 0 N–H and O–H groups in total. The molecule has 0 aliphatic rings. The van der Waals surface area contributed by atoms with Gasteiger partial charge in [0.2, 0.25) is 0 Å². The Morgan fingerprint density at radius 3 is 2.86 bits per heavy atom. The van der Waals surface area contributed by atoms with Crippen molar-refractivity contribution < 1.29 is 9.18 Å². The Bertz CT molecular complexity index is 779. The van der Waals surface area contributed by atoms with E-state index in [1.54, 1.807) is 17.4 Å². The molecule has 106 valence electrons. The van der Waals surface area contributed by atoms with Gasteiger partial charge in [-0.15, -0.1) is 23.1 Å². The Morgan fingerprint density at radius 2 is 2.00 bits per heavy atom. The van der Waals surface area contributed by atoms with Crippen LogP contribution in [0.25, 0.3) is 10.1 Å². The first-order valence-corrected chi connectivity index (χ1v) is 8.44. The molecular weight excluding hydrogens is 303 g/mol. The smallest absolute Gasteiger partial charge is 0.147 e. The molecule has 0 saturated heterocycles. The number of rotatable bonds is 5. The van der Waals surface area contributed by atoms with E-state index in [9.17, 15) is 9.18 Å². The zero-order chi connectivity index (χ0) is 14.7. The number of Topliss-reactive ketones (excluding diaryl/α,β-unsaturated/α-hetero) is 1. The summed E-state index contributed by atoms with van der Waals surface area (Å²) in [6.07, 6.45) is 0.437. The fourth-order valence-electron chi connectivity index (χ4n) is 2.15. The summed E-state index contributed by atoms with van der Waals surface area (Å²) in [7, 11) is 0. The summed E-state index contributed by atoms with van der Waals surface area (Å²) < 4.78 is 14.3. The number of hydrogen-bond donors (Lipinski definition) is 0. The maximum Gasteiger partial charge on any atom is 0.147 e. The molecule has 0 bridgehead atoms. The Hall–Kier alpha value is -1.65. The molecule has 0 spiro atoms. The van der Waals surface area contributed by atoms with Crippen molar-refractivity contribution in [2.24, 2.45) is 0 Å². The minimum Gasteiger partial charge on any atom is -0.298 e. The predicted octanol–water partition coefficient (Wildman–Crippen LogP) is 4.94. The second-order valence-electron chi connectivity index (χ2n) is 4.72. The molecule has 0 aliphatic carbocycles. The van der Waals surface area contributed by atoms with Gasteiger partial charge in [0.25, 0.3) is 0 Å². The fourth-order valence-corrected chi connectivity index (χ4v) is 3.92. The number of ketones is 1. The van der Waals surface area contributed by atoms with E-state index in [1.807, 2.05) is 24.3 Å². The van der Waals surface area contributed by atoms with E-state index >= 15 is 0 Å². The minimum atomic E-state index is -0.267. The molecule has 0 atom stereocenters. The monoisotopic (exact) mass is 316 g/mol. The highest BCUT2D eigenvalue weighted by Crippen LogP contribution is 2.27. The van der Waals surface area contributed by atoms with E-state index in [-0.39, 0.29) is 11.6 Å². The number of hydrogen-bond acceptors (Lipinski definition) is 3. The van der Waals surface area contributed by atoms with Gasteiger partial charge in [-0.1, -0.05) is 24.3 Å². The molecule has 0 fully saturated rings. The van der Waals surface area contributed by atoms with Crippen LogP contribution in [0.4, 0.5) is 4.39 Å². The molecule has 0 radical (unpaired) electrons. The zero-order valence-corrected chi connectivity index (χ0v) is 12.8. The highest BCUT2D eigenvalue weighted by molar-refractivity contribution is 8.00. The highest BCUT2D eigenvalue weighted by Gasteiger charge is 2.09. The molecule has 1 heterocycles. The lowest BCUT2D eigenvalue weighted by Gasteiger charge is -2.02. The topological polar surface area (TPSA) is 17.1 Å². The van der Waals surface area contributed by atoms with Crippen molar-refractivity contribution in [3.05, 3.63) is 65.3 Å². The molecular formula is C17H13FOS2. The molecule has 2 aromatic carbocycles. The average Bonchev–Trinajstić information content (AvgIpc) is 2.89. The lowest BCUT2D eigenvalue weighted by molar-refractivity contribution is -0.115. The summed E-state index contributed by atoms with van der Waals surface area (Å²) >= 11 is 3.05. The van der Waals surface area contributed by atoms with Gasteiger partial charge < -0.3 is 0 Å². The van der Waals surface area contributed by atoms with Gasteiger partial charge in [0.05, 0.1) is 5.75 Å². The summed E-state index contributed by atoms with van der Waals surface area (Å²) in [4.78, 5) is 12.9. The largest absolute Gasteiger partial charge is 0.298 e. The number of thiophene rings is 1. The second kappa shape index (κ2) is 6.41. The van der Waals surface area contributed by atoms with Gasteiger partial charge in [0.1, 0.15) is 11.6 Å².